The minimum atomic E-state index is -3.89. The van der Waals surface area contributed by atoms with E-state index in [2.05, 4.69) is 24.8 Å². The summed E-state index contributed by atoms with van der Waals surface area (Å²) < 4.78 is 89.3. The number of fused-ring (bicyclic) bond motifs is 2. The third-order valence-electron chi connectivity index (χ3n) is 6.42. The Kier molecular flexibility index (Phi) is 7.33. The SMILES string of the molecule is CCS(=O)(=O)c1ccc(C(CO)NC(=O)c2ccc3c(c2)nc(C(F)F)n3Cc2cccc3c2OC(F)(F)O3)nc1. The zero-order chi connectivity index (χ0) is 29.5. The Labute approximate surface area is 230 Å². The Bertz CT molecular complexity index is 1730. The minimum absolute atomic E-state index is 0.00380. The summed E-state index contributed by atoms with van der Waals surface area (Å²) in [6.45, 7) is 0.631. The highest BCUT2D eigenvalue weighted by atomic mass is 32.2. The molecule has 2 aromatic carbocycles. The highest BCUT2D eigenvalue weighted by Gasteiger charge is 2.44. The Morgan fingerprint density at radius 3 is 2.59 bits per heavy atom. The van der Waals surface area contributed by atoms with Crippen LogP contribution in [-0.2, 0) is 16.4 Å². The molecular weight excluding hydrogens is 572 g/mol. The molecule has 0 aliphatic carbocycles. The molecule has 0 spiro atoms. The molecule has 15 heteroatoms. The molecular formula is C26H22F4N4O6S. The molecule has 2 N–H and O–H groups in total. The molecule has 5 rings (SSSR count). The van der Waals surface area contributed by atoms with Crippen LogP contribution in [0, 0.1) is 0 Å². The molecule has 0 saturated carbocycles. The van der Waals surface area contributed by atoms with Gasteiger partial charge in [-0.05, 0) is 36.4 Å². The van der Waals surface area contributed by atoms with Gasteiger partial charge in [-0.15, -0.1) is 8.78 Å². The number of ether oxygens (including phenoxy) is 2. The van der Waals surface area contributed by atoms with Crippen LogP contribution in [0.2, 0.25) is 0 Å². The summed E-state index contributed by atoms with van der Waals surface area (Å²) in [6, 6.07) is 9.82. The Hall–Kier alpha value is -4.24. The van der Waals surface area contributed by atoms with Gasteiger partial charge in [0.25, 0.3) is 12.3 Å². The average Bonchev–Trinajstić information content (AvgIpc) is 3.47. The smallest absolute Gasteiger partial charge is 0.395 e. The molecule has 41 heavy (non-hydrogen) atoms. The number of benzene rings is 2. The van der Waals surface area contributed by atoms with E-state index >= 15 is 0 Å². The Morgan fingerprint density at radius 1 is 1.15 bits per heavy atom. The molecule has 0 fully saturated rings. The van der Waals surface area contributed by atoms with Crippen LogP contribution >= 0.6 is 0 Å². The van der Waals surface area contributed by atoms with Crippen LogP contribution in [0.15, 0.2) is 59.6 Å². The van der Waals surface area contributed by atoms with Gasteiger partial charge < -0.3 is 24.5 Å². The molecule has 216 valence electrons. The zero-order valence-electron chi connectivity index (χ0n) is 21.2. The van der Waals surface area contributed by atoms with Crippen molar-refractivity contribution in [3.63, 3.8) is 0 Å². The largest absolute Gasteiger partial charge is 0.586 e. The van der Waals surface area contributed by atoms with Gasteiger partial charge in [-0.1, -0.05) is 19.1 Å². The van der Waals surface area contributed by atoms with E-state index in [1.807, 2.05) is 0 Å². The van der Waals surface area contributed by atoms with E-state index in [-0.39, 0.29) is 56.5 Å². The van der Waals surface area contributed by atoms with Crippen LogP contribution in [0.5, 0.6) is 11.5 Å². The topological polar surface area (TPSA) is 133 Å². The molecule has 0 bridgehead atoms. The van der Waals surface area contributed by atoms with Crippen LogP contribution in [0.3, 0.4) is 0 Å². The fourth-order valence-electron chi connectivity index (χ4n) is 4.35. The van der Waals surface area contributed by atoms with E-state index in [1.165, 1.54) is 55.5 Å². The molecule has 0 radical (unpaired) electrons. The highest BCUT2D eigenvalue weighted by Crippen LogP contribution is 2.44. The fraction of sp³-hybridized carbons (Fsp3) is 0.269. The first-order chi connectivity index (χ1) is 19.4. The second-order valence-corrected chi connectivity index (χ2v) is 11.3. The van der Waals surface area contributed by atoms with E-state index in [9.17, 15) is 35.9 Å². The number of alkyl halides is 4. The van der Waals surface area contributed by atoms with Gasteiger partial charge in [-0.3, -0.25) is 9.78 Å². The number of aliphatic hydroxyl groups is 1. The summed E-state index contributed by atoms with van der Waals surface area (Å²) in [5, 5.41) is 12.4. The number of aromatic nitrogens is 3. The maximum absolute atomic E-state index is 13.9. The molecule has 3 heterocycles. The number of aliphatic hydroxyl groups excluding tert-OH is 1. The van der Waals surface area contributed by atoms with E-state index in [1.54, 1.807) is 0 Å². The average molecular weight is 595 g/mol. The second-order valence-electron chi connectivity index (χ2n) is 9.00. The van der Waals surface area contributed by atoms with Crippen LogP contribution in [0.4, 0.5) is 17.6 Å². The summed E-state index contributed by atoms with van der Waals surface area (Å²) in [5.74, 6) is -1.96. The third kappa shape index (κ3) is 5.54. The van der Waals surface area contributed by atoms with Crippen molar-refractivity contribution in [1.29, 1.82) is 0 Å². The van der Waals surface area contributed by atoms with Gasteiger partial charge >= 0.3 is 6.29 Å². The maximum Gasteiger partial charge on any atom is 0.586 e. The first-order valence-corrected chi connectivity index (χ1v) is 13.8. The number of sulfone groups is 1. The number of para-hydroxylation sites is 1. The number of nitrogens with one attached hydrogen (secondary N) is 1. The monoisotopic (exact) mass is 594 g/mol. The van der Waals surface area contributed by atoms with E-state index < -0.39 is 46.9 Å². The third-order valence-corrected chi connectivity index (χ3v) is 8.14. The molecule has 1 aliphatic heterocycles. The highest BCUT2D eigenvalue weighted by molar-refractivity contribution is 7.91. The number of carbonyl (C=O) groups is 1. The van der Waals surface area contributed by atoms with E-state index in [0.29, 0.717) is 0 Å². The molecule has 1 aliphatic rings. The van der Waals surface area contributed by atoms with Gasteiger partial charge in [0.05, 0.1) is 46.6 Å². The molecule has 4 aromatic rings. The van der Waals surface area contributed by atoms with Gasteiger partial charge in [-0.25, -0.2) is 22.2 Å². The summed E-state index contributed by atoms with van der Waals surface area (Å²) in [6.07, 6.45) is -5.78. The predicted octanol–water partition coefficient (Wildman–Crippen LogP) is 4.00. The van der Waals surface area contributed by atoms with Crippen LogP contribution in [0.25, 0.3) is 11.0 Å². The van der Waals surface area contributed by atoms with Gasteiger partial charge in [0, 0.05) is 17.3 Å². The molecule has 2 aromatic heterocycles. The molecule has 10 nitrogen and oxygen atoms in total. The number of pyridine rings is 1. The van der Waals surface area contributed by atoms with Crippen molar-refractivity contribution >= 4 is 26.8 Å². The number of halogens is 4. The maximum atomic E-state index is 13.9. The van der Waals surface area contributed by atoms with Gasteiger partial charge in [-0.2, -0.15) is 0 Å². The number of rotatable bonds is 9. The predicted molar refractivity (Wildman–Crippen MR) is 136 cm³/mol. The van der Waals surface area contributed by atoms with Crippen molar-refractivity contribution in [2.24, 2.45) is 0 Å². The Balaban J connectivity index is 1.41. The Morgan fingerprint density at radius 2 is 1.93 bits per heavy atom. The summed E-state index contributed by atoms with van der Waals surface area (Å²) >= 11 is 0. The quantitative estimate of drug-likeness (QED) is 0.278. The van der Waals surface area contributed by atoms with Crippen molar-refractivity contribution in [1.82, 2.24) is 19.9 Å². The number of imidazole rings is 1. The number of amides is 1. The first kappa shape index (κ1) is 28.3. The van der Waals surface area contributed by atoms with Gasteiger partial charge in [0.15, 0.2) is 27.2 Å². The van der Waals surface area contributed by atoms with Crippen LogP contribution < -0.4 is 14.8 Å². The van der Waals surface area contributed by atoms with Crippen molar-refractivity contribution in [3.8, 4) is 11.5 Å². The number of hydrogen-bond donors (Lipinski definition) is 2. The van der Waals surface area contributed by atoms with Gasteiger partial charge in [0.1, 0.15) is 0 Å². The summed E-state index contributed by atoms with van der Waals surface area (Å²) in [7, 11) is -3.49. The number of hydrogen-bond acceptors (Lipinski definition) is 8. The van der Waals surface area contributed by atoms with E-state index in [0.717, 1.165) is 10.8 Å². The lowest BCUT2D eigenvalue weighted by molar-refractivity contribution is -0.287. The van der Waals surface area contributed by atoms with Crippen molar-refractivity contribution in [3.05, 3.63) is 77.4 Å². The lowest BCUT2D eigenvalue weighted by Crippen LogP contribution is -2.31. The van der Waals surface area contributed by atoms with Crippen LogP contribution in [0.1, 0.15) is 46.8 Å². The minimum Gasteiger partial charge on any atom is -0.395 e. The van der Waals surface area contributed by atoms with Crippen molar-refractivity contribution in [2.45, 2.75) is 37.1 Å². The summed E-state index contributed by atoms with van der Waals surface area (Å²) in [4.78, 5) is 21.0. The molecule has 1 unspecified atom stereocenters. The van der Waals surface area contributed by atoms with Gasteiger partial charge in [0.2, 0.25) is 0 Å². The van der Waals surface area contributed by atoms with Crippen molar-refractivity contribution < 1.29 is 45.4 Å². The standard InChI is InChI=1S/C26H22F4N4O6S/c1-2-41(37,38)16-7-8-17(31-11-16)19(13-35)33-25(36)14-6-9-20-18(10-14)32-24(23(27)28)34(20)12-15-4-3-5-21-22(15)40-26(29,30)39-21/h3-11,19,23,35H,2,12-13H2,1H3,(H,33,36). The zero-order valence-corrected chi connectivity index (χ0v) is 22.0. The molecule has 1 amide bonds. The van der Waals surface area contributed by atoms with Crippen molar-refractivity contribution in [2.75, 3.05) is 12.4 Å². The normalized spacial score (nSPS) is 14.9. The second kappa shape index (κ2) is 10.6. The molecule has 0 saturated heterocycles. The van der Waals surface area contributed by atoms with E-state index in [4.69, 9.17) is 0 Å². The molecule has 1 atom stereocenters. The fourth-order valence-corrected chi connectivity index (χ4v) is 5.17. The number of carbonyl (C=O) groups excluding carboxylic acids is 1. The lowest BCUT2D eigenvalue weighted by atomic mass is 10.1. The summed E-state index contributed by atoms with van der Waals surface area (Å²) in [5.41, 5.74) is 0.625. The lowest BCUT2D eigenvalue weighted by Gasteiger charge is -2.16. The number of nitrogens with zero attached hydrogens (tertiary/aromatic N) is 3. The van der Waals surface area contributed by atoms with Crippen LogP contribution in [-0.4, -0.2) is 52.6 Å². The first-order valence-electron chi connectivity index (χ1n) is 12.2.